The molecule has 0 unspecified atom stereocenters. The number of carbonyl (C=O) groups is 3. The Morgan fingerprint density at radius 1 is 1.03 bits per heavy atom. The SMILES string of the molecule is O=C(C[C@@H]1C(=O)NCCN1C(=O)CN1CCN(c2cccc(C(F)(F)F)c2)CC1)Nc1ccc(Br)cc1. The Kier molecular flexibility index (Phi) is 8.38. The Morgan fingerprint density at radius 3 is 2.41 bits per heavy atom. The van der Waals surface area contributed by atoms with Crippen molar-refractivity contribution >= 4 is 45.0 Å². The second kappa shape index (κ2) is 11.5. The molecule has 2 N–H and O–H groups in total. The molecule has 0 saturated carbocycles. The summed E-state index contributed by atoms with van der Waals surface area (Å²) in [6, 6.07) is 11.3. The molecule has 1 atom stereocenters. The van der Waals surface area contributed by atoms with Gasteiger partial charge in [-0.1, -0.05) is 22.0 Å². The fourth-order valence-electron chi connectivity index (χ4n) is 4.46. The molecule has 2 aliphatic rings. The summed E-state index contributed by atoms with van der Waals surface area (Å²) in [5, 5.41) is 5.46. The molecule has 2 aromatic carbocycles. The third-order valence-corrected chi connectivity index (χ3v) is 6.96. The van der Waals surface area contributed by atoms with Gasteiger partial charge in [0.25, 0.3) is 0 Å². The number of nitrogens with one attached hydrogen (secondary N) is 2. The van der Waals surface area contributed by atoms with Crippen molar-refractivity contribution in [3.05, 3.63) is 58.6 Å². The predicted octanol–water partition coefficient (Wildman–Crippen LogP) is 2.95. The first kappa shape index (κ1) is 26.9. The van der Waals surface area contributed by atoms with Gasteiger partial charge in [0, 0.05) is 55.1 Å². The van der Waals surface area contributed by atoms with Gasteiger partial charge in [-0.05, 0) is 42.5 Å². The largest absolute Gasteiger partial charge is 0.416 e. The number of anilines is 2. The van der Waals surface area contributed by atoms with Crippen molar-refractivity contribution in [3.63, 3.8) is 0 Å². The number of halogens is 4. The lowest BCUT2D eigenvalue weighted by Gasteiger charge is -2.39. The van der Waals surface area contributed by atoms with Gasteiger partial charge in [0.05, 0.1) is 18.5 Å². The molecule has 0 bridgehead atoms. The van der Waals surface area contributed by atoms with Crippen molar-refractivity contribution in [3.8, 4) is 0 Å². The van der Waals surface area contributed by atoms with Gasteiger partial charge in [0.2, 0.25) is 17.7 Å². The summed E-state index contributed by atoms with van der Waals surface area (Å²) in [7, 11) is 0. The molecule has 2 saturated heterocycles. The fraction of sp³-hybridized carbons (Fsp3) is 0.400. The van der Waals surface area contributed by atoms with Crippen molar-refractivity contribution in [2.24, 2.45) is 0 Å². The number of hydrogen-bond acceptors (Lipinski definition) is 5. The summed E-state index contributed by atoms with van der Waals surface area (Å²) in [5.74, 6) is -1.01. The van der Waals surface area contributed by atoms with Crippen molar-refractivity contribution in [2.75, 3.05) is 56.0 Å². The second-order valence-corrected chi connectivity index (χ2v) is 9.88. The number of hydrogen-bond donors (Lipinski definition) is 2. The first-order valence-corrected chi connectivity index (χ1v) is 12.7. The lowest BCUT2D eigenvalue weighted by Crippen LogP contribution is -2.60. The molecule has 0 spiro atoms. The minimum Gasteiger partial charge on any atom is -0.369 e. The molecule has 2 aromatic rings. The standard InChI is InChI=1S/C25H27BrF3N5O3/c26-18-4-6-19(7-5-18)31-22(35)15-21-24(37)30-8-9-34(21)23(36)16-32-10-12-33(13-11-32)20-3-1-2-17(14-20)25(27,28)29/h1-7,14,21H,8-13,15-16H2,(H,30,37)(H,31,35)/t21-/m1/s1. The van der Waals surface area contributed by atoms with E-state index < -0.39 is 17.8 Å². The monoisotopic (exact) mass is 581 g/mol. The summed E-state index contributed by atoms with van der Waals surface area (Å²) in [4.78, 5) is 43.5. The highest BCUT2D eigenvalue weighted by Crippen LogP contribution is 2.32. The van der Waals surface area contributed by atoms with E-state index >= 15 is 0 Å². The van der Waals surface area contributed by atoms with Crippen LogP contribution in [-0.2, 0) is 20.6 Å². The van der Waals surface area contributed by atoms with Crippen LogP contribution in [0.1, 0.15) is 12.0 Å². The van der Waals surface area contributed by atoms with Crippen molar-refractivity contribution < 1.29 is 27.6 Å². The van der Waals surface area contributed by atoms with Gasteiger partial charge < -0.3 is 20.4 Å². The zero-order valence-corrected chi connectivity index (χ0v) is 21.5. The normalized spacial score (nSPS) is 18.9. The molecule has 0 radical (unpaired) electrons. The highest BCUT2D eigenvalue weighted by atomic mass is 79.9. The maximum atomic E-state index is 13.1. The quantitative estimate of drug-likeness (QED) is 0.548. The van der Waals surface area contributed by atoms with E-state index in [1.807, 2.05) is 9.80 Å². The average Bonchev–Trinajstić information content (AvgIpc) is 2.86. The van der Waals surface area contributed by atoms with Crippen LogP contribution in [0.4, 0.5) is 24.5 Å². The van der Waals surface area contributed by atoms with E-state index in [0.717, 1.165) is 16.6 Å². The summed E-state index contributed by atoms with van der Waals surface area (Å²) >= 11 is 3.33. The molecule has 2 aliphatic heterocycles. The van der Waals surface area contributed by atoms with Crippen LogP contribution >= 0.6 is 15.9 Å². The fourth-order valence-corrected chi connectivity index (χ4v) is 4.73. The molecule has 37 heavy (non-hydrogen) atoms. The maximum absolute atomic E-state index is 13.1. The Labute approximate surface area is 220 Å². The zero-order chi connectivity index (χ0) is 26.6. The van der Waals surface area contributed by atoms with E-state index in [1.54, 1.807) is 30.3 Å². The molecule has 0 aliphatic carbocycles. The first-order valence-electron chi connectivity index (χ1n) is 11.9. The number of piperazine rings is 2. The molecular weight excluding hydrogens is 555 g/mol. The molecule has 8 nitrogen and oxygen atoms in total. The van der Waals surface area contributed by atoms with Gasteiger partial charge >= 0.3 is 6.18 Å². The summed E-state index contributed by atoms with van der Waals surface area (Å²) < 4.78 is 40.0. The number of rotatable bonds is 6. The highest BCUT2D eigenvalue weighted by molar-refractivity contribution is 9.10. The van der Waals surface area contributed by atoms with Gasteiger partial charge in [-0.15, -0.1) is 0 Å². The van der Waals surface area contributed by atoms with Crippen LogP contribution in [0, 0.1) is 0 Å². The molecule has 0 aromatic heterocycles. The summed E-state index contributed by atoms with van der Waals surface area (Å²) in [5.41, 5.74) is 0.382. The topological polar surface area (TPSA) is 85.0 Å². The number of benzene rings is 2. The molecule has 12 heteroatoms. The Hall–Kier alpha value is -3.12. The van der Waals surface area contributed by atoms with E-state index in [1.165, 1.54) is 11.0 Å². The minimum absolute atomic E-state index is 0.0640. The van der Waals surface area contributed by atoms with E-state index in [0.29, 0.717) is 50.6 Å². The third-order valence-electron chi connectivity index (χ3n) is 6.43. The van der Waals surface area contributed by atoms with Crippen LogP contribution in [0.5, 0.6) is 0 Å². The molecule has 2 fully saturated rings. The average molecular weight is 582 g/mol. The Morgan fingerprint density at radius 2 is 1.73 bits per heavy atom. The van der Waals surface area contributed by atoms with Gasteiger partial charge in [0.1, 0.15) is 6.04 Å². The summed E-state index contributed by atoms with van der Waals surface area (Å²) in [6.07, 6.45) is -4.58. The van der Waals surface area contributed by atoms with Gasteiger partial charge in [-0.25, -0.2) is 0 Å². The summed E-state index contributed by atoms with van der Waals surface area (Å²) in [6.45, 7) is 2.56. The first-order chi connectivity index (χ1) is 17.6. The highest BCUT2D eigenvalue weighted by Gasteiger charge is 2.36. The second-order valence-electron chi connectivity index (χ2n) is 8.96. The van der Waals surface area contributed by atoms with Crippen LogP contribution in [0.15, 0.2) is 53.0 Å². The van der Waals surface area contributed by atoms with Crippen molar-refractivity contribution in [2.45, 2.75) is 18.6 Å². The Bertz CT molecular complexity index is 1140. The molecule has 3 amide bonds. The van der Waals surface area contributed by atoms with Gasteiger partial charge in [-0.2, -0.15) is 13.2 Å². The lowest BCUT2D eigenvalue weighted by molar-refractivity contribution is -0.145. The van der Waals surface area contributed by atoms with Gasteiger partial charge in [0.15, 0.2) is 0 Å². The number of nitrogens with zero attached hydrogens (tertiary/aromatic N) is 3. The van der Waals surface area contributed by atoms with E-state index in [-0.39, 0.29) is 30.7 Å². The lowest BCUT2D eigenvalue weighted by atomic mass is 10.1. The van der Waals surface area contributed by atoms with E-state index in [9.17, 15) is 27.6 Å². The van der Waals surface area contributed by atoms with Crippen LogP contribution in [0.3, 0.4) is 0 Å². The van der Waals surface area contributed by atoms with Crippen LogP contribution in [0.2, 0.25) is 0 Å². The minimum atomic E-state index is -4.41. The van der Waals surface area contributed by atoms with Crippen LogP contribution in [0.25, 0.3) is 0 Å². The number of amides is 3. The van der Waals surface area contributed by atoms with Crippen molar-refractivity contribution in [1.82, 2.24) is 15.1 Å². The molecule has 2 heterocycles. The van der Waals surface area contributed by atoms with E-state index in [2.05, 4.69) is 26.6 Å². The molecule has 198 valence electrons. The zero-order valence-electron chi connectivity index (χ0n) is 19.9. The third kappa shape index (κ3) is 7.01. The van der Waals surface area contributed by atoms with E-state index in [4.69, 9.17) is 0 Å². The maximum Gasteiger partial charge on any atom is 0.416 e. The molecular formula is C25H27BrF3N5O3. The smallest absolute Gasteiger partial charge is 0.369 e. The van der Waals surface area contributed by atoms with Gasteiger partial charge in [-0.3, -0.25) is 19.3 Å². The van der Waals surface area contributed by atoms with Crippen molar-refractivity contribution in [1.29, 1.82) is 0 Å². The molecule has 4 rings (SSSR count). The Balaban J connectivity index is 1.32. The number of carbonyl (C=O) groups excluding carboxylic acids is 3. The van der Waals surface area contributed by atoms with Crippen LogP contribution < -0.4 is 15.5 Å². The van der Waals surface area contributed by atoms with Crippen LogP contribution in [-0.4, -0.2) is 79.4 Å². The predicted molar refractivity (Wildman–Crippen MR) is 136 cm³/mol. The number of alkyl halides is 3.